The minimum Gasteiger partial charge on any atom is -0.487 e. The third-order valence-corrected chi connectivity index (χ3v) is 4.20. The van der Waals surface area contributed by atoms with Gasteiger partial charge in [0.2, 0.25) is 0 Å². The maximum absolute atomic E-state index is 5.78. The molecule has 3 heterocycles. The predicted molar refractivity (Wildman–Crippen MR) is 110 cm³/mol. The Morgan fingerprint density at radius 3 is 2.57 bits per heavy atom. The van der Waals surface area contributed by atoms with Gasteiger partial charge in [-0.1, -0.05) is 6.07 Å². The molecule has 0 aliphatic carbocycles. The lowest BCUT2D eigenvalue weighted by Crippen LogP contribution is -2.10. The molecule has 0 saturated heterocycles. The molecule has 0 fully saturated rings. The molecular formula is C21H20N6O. The molecule has 0 radical (unpaired) electrons. The summed E-state index contributed by atoms with van der Waals surface area (Å²) in [6.45, 7) is 0.435. The number of nitrogens with one attached hydrogen (secondary N) is 1. The number of benzene rings is 1. The second-order valence-electron chi connectivity index (χ2n) is 6.44. The highest BCUT2D eigenvalue weighted by Gasteiger charge is 2.08. The normalized spacial score (nSPS) is 10.6. The quantitative estimate of drug-likeness (QED) is 0.551. The van der Waals surface area contributed by atoms with Crippen LogP contribution in [-0.2, 0) is 6.61 Å². The summed E-state index contributed by atoms with van der Waals surface area (Å²) in [6.07, 6.45) is 5.05. The molecule has 0 aliphatic rings. The lowest BCUT2D eigenvalue weighted by Gasteiger charge is -2.13. The van der Waals surface area contributed by atoms with Crippen LogP contribution >= 0.6 is 0 Å². The van der Waals surface area contributed by atoms with E-state index in [4.69, 9.17) is 4.74 Å². The van der Waals surface area contributed by atoms with Crippen LogP contribution in [0.1, 0.15) is 5.69 Å². The molecule has 7 heteroatoms. The highest BCUT2D eigenvalue weighted by atomic mass is 16.5. The maximum atomic E-state index is 5.78. The van der Waals surface area contributed by atoms with E-state index in [0.717, 1.165) is 39.7 Å². The second-order valence-corrected chi connectivity index (χ2v) is 6.44. The zero-order chi connectivity index (χ0) is 19.3. The van der Waals surface area contributed by atoms with Gasteiger partial charge in [0.05, 0.1) is 17.4 Å². The number of rotatable bonds is 6. The van der Waals surface area contributed by atoms with Crippen LogP contribution in [0.4, 0.5) is 17.3 Å². The average molecular weight is 372 g/mol. The van der Waals surface area contributed by atoms with Gasteiger partial charge in [-0.05, 0) is 42.5 Å². The number of hydrogen-bond acceptors (Lipinski definition) is 7. The van der Waals surface area contributed by atoms with Crippen LogP contribution in [0.15, 0.2) is 67.3 Å². The molecule has 1 N–H and O–H groups in total. The molecule has 0 saturated carbocycles. The van der Waals surface area contributed by atoms with Crippen molar-refractivity contribution in [3.8, 4) is 5.75 Å². The first-order valence-electron chi connectivity index (χ1n) is 8.87. The van der Waals surface area contributed by atoms with Gasteiger partial charge in [0.1, 0.15) is 30.3 Å². The molecule has 0 aliphatic heterocycles. The highest BCUT2D eigenvalue weighted by molar-refractivity contribution is 5.91. The number of pyridine rings is 2. The monoisotopic (exact) mass is 372 g/mol. The Morgan fingerprint density at radius 1 is 0.964 bits per heavy atom. The summed E-state index contributed by atoms with van der Waals surface area (Å²) in [5, 5.41) is 4.26. The standard InChI is InChI=1S/C21H20N6O/c1-27(2)20-11-18-19(12-23-20)24-14-25-21(18)26-15-6-8-17(9-7-15)28-13-16-5-3-4-10-22-16/h3-12,14H,13H2,1-2H3,(H,24,25,26). The Bertz CT molecular complexity index is 1070. The summed E-state index contributed by atoms with van der Waals surface area (Å²) in [7, 11) is 3.91. The Kier molecular flexibility index (Phi) is 4.97. The van der Waals surface area contributed by atoms with Crippen LogP contribution in [0.3, 0.4) is 0 Å². The van der Waals surface area contributed by atoms with E-state index >= 15 is 0 Å². The molecule has 4 aromatic rings. The third kappa shape index (κ3) is 3.98. The minimum atomic E-state index is 0.435. The van der Waals surface area contributed by atoms with Crippen molar-refractivity contribution < 1.29 is 4.74 Å². The van der Waals surface area contributed by atoms with Gasteiger partial charge in [-0.15, -0.1) is 0 Å². The smallest absolute Gasteiger partial charge is 0.141 e. The zero-order valence-corrected chi connectivity index (χ0v) is 15.7. The van der Waals surface area contributed by atoms with Crippen molar-refractivity contribution in [1.29, 1.82) is 0 Å². The minimum absolute atomic E-state index is 0.435. The molecule has 0 atom stereocenters. The van der Waals surface area contributed by atoms with Gasteiger partial charge in [0, 0.05) is 31.4 Å². The number of anilines is 3. The maximum Gasteiger partial charge on any atom is 0.141 e. The van der Waals surface area contributed by atoms with Gasteiger partial charge in [0.15, 0.2) is 0 Å². The number of aromatic nitrogens is 4. The summed E-state index contributed by atoms with van der Waals surface area (Å²) in [5.41, 5.74) is 2.59. The molecular weight excluding hydrogens is 352 g/mol. The Hall–Kier alpha value is -3.74. The molecule has 4 rings (SSSR count). The second kappa shape index (κ2) is 7.87. The largest absolute Gasteiger partial charge is 0.487 e. The molecule has 3 aromatic heterocycles. The number of ether oxygens (including phenoxy) is 1. The van der Waals surface area contributed by atoms with Crippen LogP contribution in [0, 0.1) is 0 Å². The van der Waals surface area contributed by atoms with Gasteiger partial charge >= 0.3 is 0 Å². The van der Waals surface area contributed by atoms with E-state index in [9.17, 15) is 0 Å². The summed E-state index contributed by atoms with van der Waals surface area (Å²) in [5.74, 6) is 2.36. The fraction of sp³-hybridized carbons (Fsp3) is 0.143. The van der Waals surface area contributed by atoms with Gasteiger partial charge in [-0.2, -0.15) is 0 Å². The Labute approximate surface area is 163 Å². The van der Waals surface area contributed by atoms with Crippen LogP contribution in [0.5, 0.6) is 5.75 Å². The fourth-order valence-electron chi connectivity index (χ4n) is 2.70. The average Bonchev–Trinajstić information content (AvgIpc) is 2.74. The molecule has 0 unspecified atom stereocenters. The molecule has 1 aromatic carbocycles. The van der Waals surface area contributed by atoms with Gasteiger partial charge in [0.25, 0.3) is 0 Å². The van der Waals surface area contributed by atoms with E-state index in [0.29, 0.717) is 6.61 Å². The van der Waals surface area contributed by atoms with E-state index in [-0.39, 0.29) is 0 Å². The third-order valence-electron chi connectivity index (χ3n) is 4.20. The lowest BCUT2D eigenvalue weighted by molar-refractivity contribution is 0.301. The van der Waals surface area contributed by atoms with Crippen molar-refractivity contribution in [2.75, 3.05) is 24.3 Å². The topological polar surface area (TPSA) is 76.1 Å². The fourth-order valence-corrected chi connectivity index (χ4v) is 2.70. The first kappa shape index (κ1) is 17.7. The van der Waals surface area contributed by atoms with Gasteiger partial charge in [-0.3, -0.25) is 4.98 Å². The van der Waals surface area contributed by atoms with E-state index in [1.165, 1.54) is 6.33 Å². The number of fused-ring (bicyclic) bond motifs is 1. The van der Waals surface area contributed by atoms with Crippen LogP contribution in [0.25, 0.3) is 10.9 Å². The van der Waals surface area contributed by atoms with E-state index < -0.39 is 0 Å². The molecule has 28 heavy (non-hydrogen) atoms. The zero-order valence-electron chi connectivity index (χ0n) is 15.7. The molecule has 7 nitrogen and oxygen atoms in total. The highest BCUT2D eigenvalue weighted by Crippen LogP contribution is 2.26. The van der Waals surface area contributed by atoms with E-state index in [2.05, 4.69) is 25.3 Å². The SMILES string of the molecule is CN(C)c1cc2c(Nc3ccc(OCc4ccccn4)cc3)ncnc2cn1. The molecule has 140 valence electrons. The number of hydrogen-bond donors (Lipinski definition) is 1. The molecule has 0 amide bonds. The Balaban J connectivity index is 1.50. The summed E-state index contributed by atoms with van der Waals surface area (Å²) < 4.78 is 5.78. The first-order valence-corrected chi connectivity index (χ1v) is 8.87. The van der Waals surface area contributed by atoms with Crippen molar-refractivity contribution in [3.63, 3.8) is 0 Å². The van der Waals surface area contributed by atoms with Crippen molar-refractivity contribution >= 4 is 28.2 Å². The summed E-state index contributed by atoms with van der Waals surface area (Å²) in [4.78, 5) is 19.3. The van der Waals surface area contributed by atoms with Crippen molar-refractivity contribution in [3.05, 3.63) is 72.9 Å². The molecule has 0 spiro atoms. The van der Waals surface area contributed by atoms with Crippen LogP contribution in [0.2, 0.25) is 0 Å². The van der Waals surface area contributed by atoms with E-state index in [1.54, 1.807) is 12.4 Å². The predicted octanol–water partition coefficient (Wildman–Crippen LogP) is 3.81. The molecule has 0 bridgehead atoms. The summed E-state index contributed by atoms with van der Waals surface area (Å²) >= 11 is 0. The van der Waals surface area contributed by atoms with Gasteiger partial charge in [-0.25, -0.2) is 15.0 Å². The Morgan fingerprint density at radius 2 is 1.82 bits per heavy atom. The number of nitrogens with zero attached hydrogens (tertiary/aromatic N) is 5. The van der Waals surface area contributed by atoms with Crippen molar-refractivity contribution in [2.24, 2.45) is 0 Å². The first-order chi connectivity index (χ1) is 13.7. The van der Waals surface area contributed by atoms with Gasteiger partial charge < -0.3 is 15.0 Å². The van der Waals surface area contributed by atoms with Crippen molar-refractivity contribution in [2.45, 2.75) is 6.61 Å². The van der Waals surface area contributed by atoms with Crippen LogP contribution in [-0.4, -0.2) is 34.0 Å². The lowest BCUT2D eigenvalue weighted by atomic mass is 10.2. The van der Waals surface area contributed by atoms with Crippen LogP contribution < -0.4 is 15.0 Å². The summed E-state index contributed by atoms with van der Waals surface area (Å²) in [6, 6.07) is 15.5. The van der Waals surface area contributed by atoms with E-state index in [1.807, 2.05) is 67.5 Å². The van der Waals surface area contributed by atoms with Crippen molar-refractivity contribution in [1.82, 2.24) is 19.9 Å².